The summed E-state index contributed by atoms with van der Waals surface area (Å²) in [6.45, 7) is 3.78. The predicted octanol–water partition coefficient (Wildman–Crippen LogP) is 0.842. The third-order valence-electron chi connectivity index (χ3n) is 2.52. The number of nitrogens with two attached hydrogens (primary N) is 1. The molecule has 0 aliphatic carbocycles. The molecule has 4 N–H and O–H groups in total. The molecule has 2 amide bonds. The van der Waals surface area contributed by atoms with Crippen molar-refractivity contribution in [2.45, 2.75) is 32.7 Å². The van der Waals surface area contributed by atoms with Crippen LogP contribution in [0.5, 0.6) is 0 Å². The van der Waals surface area contributed by atoms with E-state index in [2.05, 4.69) is 10.6 Å². The molecule has 104 valence electrons. The molecule has 5 nitrogen and oxygen atoms in total. The average molecular weight is 263 g/mol. The number of amides is 2. The van der Waals surface area contributed by atoms with Crippen molar-refractivity contribution in [3.05, 3.63) is 29.8 Å². The van der Waals surface area contributed by atoms with Crippen molar-refractivity contribution in [2.75, 3.05) is 12.3 Å². The molecule has 0 saturated carbocycles. The highest BCUT2D eigenvalue weighted by Gasteiger charge is 2.06. The zero-order chi connectivity index (χ0) is 14.3. The van der Waals surface area contributed by atoms with Crippen LogP contribution >= 0.6 is 0 Å². The number of hydrogen-bond donors (Lipinski definition) is 3. The van der Waals surface area contributed by atoms with Crippen LogP contribution in [0.1, 0.15) is 25.8 Å². The molecule has 0 aliphatic heterocycles. The first-order valence-corrected chi connectivity index (χ1v) is 6.38. The summed E-state index contributed by atoms with van der Waals surface area (Å²) in [5.41, 5.74) is 7.34. The van der Waals surface area contributed by atoms with Gasteiger partial charge >= 0.3 is 0 Å². The number of nitrogens with one attached hydrogen (secondary N) is 2. The molecular formula is C14H21N3O2. The van der Waals surface area contributed by atoms with Crippen molar-refractivity contribution < 1.29 is 9.59 Å². The van der Waals surface area contributed by atoms with Gasteiger partial charge in [-0.05, 0) is 38.0 Å². The molecule has 0 unspecified atom stereocenters. The van der Waals surface area contributed by atoms with Crippen molar-refractivity contribution in [1.29, 1.82) is 0 Å². The van der Waals surface area contributed by atoms with Gasteiger partial charge in [-0.15, -0.1) is 0 Å². The third-order valence-corrected chi connectivity index (χ3v) is 2.52. The summed E-state index contributed by atoms with van der Waals surface area (Å²) in [7, 11) is 0. The number of benzene rings is 1. The summed E-state index contributed by atoms with van der Waals surface area (Å²) in [6, 6.07) is 7.49. The first-order chi connectivity index (χ1) is 8.97. The van der Waals surface area contributed by atoms with Gasteiger partial charge in [0.1, 0.15) is 0 Å². The molecule has 0 atom stereocenters. The van der Waals surface area contributed by atoms with Gasteiger partial charge < -0.3 is 16.4 Å². The molecule has 0 aliphatic rings. The lowest BCUT2D eigenvalue weighted by molar-refractivity contribution is -0.126. The van der Waals surface area contributed by atoms with Crippen molar-refractivity contribution in [3.8, 4) is 0 Å². The van der Waals surface area contributed by atoms with Crippen LogP contribution in [0.2, 0.25) is 0 Å². The van der Waals surface area contributed by atoms with Crippen LogP contribution in [0.15, 0.2) is 24.3 Å². The van der Waals surface area contributed by atoms with E-state index in [1.165, 1.54) is 0 Å². The van der Waals surface area contributed by atoms with Crippen LogP contribution in [-0.4, -0.2) is 24.4 Å². The zero-order valence-electron chi connectivity index (χ0n) is 11.4. The van der Waals surface area contributed by atoms with Gasteiger partial charge in [0, 0.05) is 18.2 Å². The molecule has 0 heterocycles. The molecule has 0 spiro atoms. The Labute approximate surface area is 113 Å². The number of carbonyl (C=O) groups is 2. The number of carbonyl (C=O) groups excluding carboxylic acids is 2. The fourth-order valence-electron chi connectivity index (χ4n) is 1.58. The van der Waals surface area contributed by atoms with E-state index in [0.717, 1.165) is 5.56 Å². The van der Waals surface area contributed by atoms with E-state index in [1.807, 2.05) is 38.1 Å². The highest BCUT2D eigenvalue weighted by atomic mass is 16.2. The number of aryl methyl sites for hydroxylation is 1. The first-order valence-electron chi connectivity index (χ1n) is 6.38. The Kier molecular flexibility index (Phi) is 5.85. The molecule has 0 aromatic heterocycles. The summed E-state index contributed by atoms with van der Waals surface area (Å²) >= 11 is 0. The predicted molar refractivity (Wildman–Crippen MR) is 75.5 cm³/mol. The van der Waals surface area contributed by atoms with Crippen molar-refractivity contribution in [1.82, 2.24) is 10.6 Å². The summed E-state index contributed by atoms with van der Waals surface area (Å²) in [5.74, 6) is -0.299. The topological polar surface area (TPSA) is 84.2 Å². The summed E-state index contributed by atoms with van der Waals surface area (Å²) in [6.07, 6.45) is 0.997. The minimum atomic E-state index is -0.171. The van der Waals surface area contributed by atoms with E-state index in [4.69, 9.17) is 5.73 Å². The van der Waals surface area contributed by atoms with Gasteiger partial charge in [-0.3, -0.25) is 9.59 Å². The summed E-state index contributed by atoms with van der Waals surface area (Å²) in [4.78, 5) is 22.9. The maximum atomic E-state index is 11.6. The van der Waals surface area contributed by atoms with Crippen LogP contribution in [0.3, 0.4) is 0 Å². The van der Waals surface area contributed by atoms with Crippen molar-refractivity contribution >= 4 is 17.5 Å². The van der Waals surface area contributed by atoms with E-state index in [9.17, 15) is 9.59 Å². The van der Waals surface area contributed by atoms with Gasteiger partial charge in [-0.25, -0.2) is 0 Å². The fraction of sp³-hybridized carbons (Fsp3) is 0.429. The fourth-order valence-corrected chi connectivity index (χ4v) is 1.58. The largest absolute Gasteiger partial charge is 0.399 e. The Hall–Kier alpha value is -2.04. The minimum absolute atomic E-state index is 0.0265. The van der Waals surface area contributed by atoms with Gasteiger partial charge in [-0.2, -0.15) is 0 Å². The lowest BCUT2D eigenvalue weighted by Gasteiger charge is -2.09. The van der Waals surface area contributed by atoms with Gasteiger partial charge in [0.2, 0.25) is 11.8 Å². The molecule has 0 radical (unpaired) electrons. The standard InChI is InChI=1S/C14H21N3O2/c1-10(2)17-14(19)9-16-13(18)8-5-11-3-6-12(15)7-4-11/h3-4,6-7,10H,5,8-9,15H2,1-2H3,(H,16,18)(H,17,19). The number of rotatable bonds is 6. The maximum absolute atomic E-state index is 11.6. The van der Waals surface area contributed by atoms with Crippen molar-refractivity contribution in [3.63, 3.8) is 0 Å². The number of hydrogen-bond acceptors (Lipinski definition) is 3. The molecular weight excluding hydrogens is 242 g/mol. The van der Waals surface area contributed by atoms with E-state index in [-0.39, 0.29) is 24.4 Å². The molecule has 1 rings (SSSR count). The van der Waals surface area contributed by atoms with E-state index in [0.29, 0.717) is 18.5 Å². The zero-order valence-corrected chi connectivity index (χ0v) is 11.4. The minimum Gasteiger partial charge on any atom is -0.399 e. The Morgan fingerprint density at radius 2 is 1.79 bits per heavy atom. The summed E-state index contributed by atoms with van der Waals surface area (Å²) < 4.78 is 0. The van der Waals surface area contributed by atoms with Crippen LogP contribution in [-0.2, 0) is 16.0 Å². The third kappa shape index (κ3) is 6.45. The summed E-state index contributed by atoms with van der Waals surface area (Å²) in [5, 5.41) is 5.30. The van der Waals surface area contributed by atoms with Crippen LogP contribution in [0.4, 0.5) is 5.69 Å². The lowest BCUT2D eigenvalue weighted by Crippen LogP contribution is -2.39. The molecule has 19 heavy (non-hydrogen) atoms. The number of anilines is 1. The molecule has 0 bridgehead atoms. The lowest BCUT2D eigenvalue weighted by atomic mass is 10.1. The Morgan fingerprint density at radius 1 is 1.16 bits per heavy atom. The monoisotopic (exact) mass is 263 g/mol. The van der Waals surface area contributed by atoms with Crippen LogP contribution < -0.4 is 16.4 Å². The Balaban J connectivity index is 2.24. The molecule has 0 saturated heterocycles. The van der Waals surface area contributed by atoms with Crippen molar-refractivity contribution in [2.24, 2.45) is 0 Å². The second-order valence-electron chi connectivity index (χ2n) is 4.74. The number of nitrogen functional groups attached to an aromatic ring is 1. The Morgan fingerprint density at radius 3 is 2.37 bits per heavy atom. The molecule has 0 fully saturated rings. The molecule has 5 heteroatoms. The van der Waals surface area contributed by atoms with Gasteiger partial charge in [0.05, 0.1) is 6.54 Å². The first kappa shape index (κ1) is 15.0. The highest BCUT2D eigenvalue weighted by molar-refractivity contribution is 5.84. The second kappa shape index (κ2) is 7.41. The average Bonchev–Trinajstić information content (AvgIpc) is 2.35. The SMILES string of the molecule is CC(C)NC(=O)CNC(=O)CCc1ccc(N)cc1. The maximum Gasteiger partial charge on any atom is 0.239 e. The second-order valence-corrected chi connectivity index (χ2v) is 4.74. The van der Waals surface area contributed by atoms with Crippen LogP contribution in [0, 0.1) is 0 Å². The Bertz CT molecular complexity index is 427. The highest BCUT2D eigenvalue weighted by Crippen LogP contribution is 2.07. The van der Waals surface area contributed by atoms with Crippen LogP contribution in [0.25, 0.3) is 0 Å². The molecule has 1 aromatic carbocycles. The van der Waals surface area contributed by atoms with Gasteiger partial charge in [-0.1, -0.05) is 12.1 Å². The normalized spacial score (nSPS) is 10.3. The van der Waals surface area contributed by atoms with Gasteiger partial charge in [0.15, 0.2) is 0 Å². The van der Waals surface area contributed by atoms with E-state index in [1.54, 1.807) is 0 Å². The van der Waals surface area contributed by atoms with E-state index < -0.39 is 0 Å². The quantitative estimate of drug-likeness (QED) is 0.665. The smallest absolute Gasteiger partial charge is 0.239 e. The molecule has 1 aromatic rings. The van der Waals surface area contributed by atoms with Gasteiger partial charge in [0.25, 0.3) is 0 Å². The van der Waals surface area contributed by atoms with E-state index >= 15 is 0 Å².